The van der Waals surface area contributed by atoms with Gasteiger partial charge in [0.25, 0.3) is 0 Å². The third kappa shape index (κ3) is 4.10. The smallest absolute Gasteiger partial charge is 0.341 e. The molecule has 0 N–H and O–H groups in total. The zero-order valence-corrected chi connectivity index (χ0v) is 17.8. The number of aliphatic imine (C=N–C) groups is 1. The summed E-state index contributed by atoms with van der Waals surface area (Å²) < 4.78 is 11.8. The van der Waals surface area contributed by atoms with E-state index in [1.807, 2.05) is 53.1 Å². The van der Waals surface area contributed by atoms with Crippen LogP contribution in [0.5, 0.6) is 0 Å². The van der Waals surface area contributed by atoms with Gasteiger partial charge in [0.1, 0.15) is 11.4 Å². The van der Waals surface area contributed by atoms with Crippen molar-refractivity contribution in [1.82, 2.24) is 4.57 Å². The van der Waals surface area contributed by atoms with E-state index in [0.717, 1.165) is 47.5 Å². The van der Waals surface area contributed by atoms with Crippen molar-refractivity contribution in [3.05, 3.63) is 60.2 Å². The number of para-hydroxylation sites is 2. The number of benzene rings is 2. The van der Waals surface area contributed by atoms with Crippen LogP contribution in [-0.4, -0.2) is 42.6 Å². The predicted molar refractivity (Wildman–Crippen MR) is 121 cm³/mol. The lowest BCUT2D eigenvalue weighted by Gasteiger charge is -2.21. The average molecular weight is 418 g/mol. The Balaban J connectivity index is 2.03. The molecule has 0 bridgehead atoms. The Bertz CT molecular complexity index is 1130. The van der Waals surface area contributed by atoms with E-state index in [1.165, 1.54) is 26.7 Å². The summed E-state index contributed by atoms with van der Waals surface area (Å²) in [6, 6.07) is 16.1. The summed E-state index contributed by atoms with van der Waals surface area (Å²) in [5.41, 5.74) is 1.92. The van der Waals surface area contributed by atoms with E-state index in [0.29, 0.717) is 5.84 Å². The highest BCUT2D eigenvalue weighted by molar-refractivity contribution is 6.27. The second-order valence-electron chi connectivity index (χ2n) is 7.69. The molecule has 3 aromatic rings. The SMILES string of the molecule is COC(=O)C=C(C(=O)OC)C(=NC1CCCCC1)n1c2ccccc2c2ccccc21. The zero-order chi connectivity index (χ0) is 21.8. The Hall–Kier alpha value is -3.41. The van der Waals surface area contributed by atoms with Crippen molar-refractivity contribution >= 4 is 39.6 Å². The van der Waals surface area contributed by atoms with E-state index < -0.39 is 11.9 Å². The molecule has 0 aliphatic heterocycles. The fourth-order valence-electron chi connectivity index (χ4n) is 4.28. The van der Waals surface area contributed by atoms with Crippen LogP contribution in [0.25, 0.3) is 21.8 Å². The molecule has 1 heterocycles. The summed E-state index contributed by atoms with van der Waals surface area (Å²) in [5, 5.41) is 2.11. The second-order valence-corrected chi connectivity index (χ2v) is 7.69. The van der Waals surface area contributed by atoms with Gasteiger partial charge in [0.2, 0.25) is 0 Å². The summed E-state index contributed by atoms with van der Waals surface area (Å²) in [7, 11) is 2.59. The van der Waals surface area contributed by atoms with Gasteiger partial charge in [-0.05, 0) is 25.0 Å². The van der Waals surface area contributed by atoms with Gasteiger partial charge in [-0.1, -0.05) is 55.7 Å². The number of hydrogen-bond donors (Lipinski definition) is 0. The van der Waals surface area contributed by atoms with Crippen molar-refractivity contribution in [2.75, 3.05) is 14.2 Å². The molecule has 0 saturated heterocycles. The summed E-state index contributed by atoms with van der Waals surface area (Å²) in [6.45, 7) is 0. The van der Waals surface area contributed by atoms with Crippen LogP contribution in [-0.2, 0) is 19.1 Å². The lowest BCUT2D eigenvalue weighted by molar-refractivity contribution is -0.138. The van der Waals surface area contributed by atoms with Crippen LogP contribution in [0.2, 0.25) is 0 Å². The Morgan fingerprint density at radius 3 is 2.03 bits per heavy atom. The lowest BCUT2D eigenvalue weighted by atomic mass is 9.96. The summed E-state index contributed by atoms with van der Waals surface area (Å²) >= 11 is 0. The van der Waals surface area contributed by atoms with E-state index in [1.54, 1.807) is 0 Å². The third-order valence-electron chi connectivity index (χ3n) is 5.78. The Morgan fingerprint density at radius 2 is 1.48 bits per heavy atom. The van der Waals surface area contributed by atoms with Gasteiger partial charge < -0.3 is 9.47 Å². The van der Waals surface area contributed by atoms with Gasteiger partial charge >= 0.3 is 11.9 Å². The number of nitrogens with zero attached hydrogens (tertiary/aromatic N) is 2. The van der Waals surface area contributed by atoms with Gasteiger partial charge in [-0.2, -0.15) is 0 Å². The van der Waals surface area contributed by atoms with Crippen molar-refractivity contribution in [1.29, 1.82) is 0 Å². The normalized spacial score (nSPS) is 15.9. The first-order valence-corrected chi connectivity index (χ1v) is 10.6. The van der Waals surface area contributed by atoms with E-state index in [9.17, 15) is 9.59 Å². The molecule has 4 rings (SSSR count). The number of hydrogen-bond acceptors (Lipinski definition) is 5. The first-order valence-electron chi connectivity index (χ1n) is 10.6. The summed E-state index contributed by atoms with van der Waals surface area (Å²) in [5.74, 6) is -0.833. The molecule has 1 aromatic heterocycles. The Morgan fingerprint density at radius 1 is 0.903 bits per heavy atom. The first kappa shape index (κ1) is 20.8. The van der Waals surface area contributed by atoms with Crippen LogP contribution >= 0.6 is 0 Å². The van der Waals surface area contributed by atoms with E-state index >= 15 is 0 Å². The van der Waals surface area contributed by atoms with Crippen molar-refractivity contribution in [3.63, 3.8) is 0 Å². The van der Waals surface area contributed by atoms with Crippen LogP contribution in [0.1, 0.15) is 32.1 Å². The maximum Gasteiger partial charge on any atom is 0.341 e. The largest absolute Gasteiger partial charge is 0.466 e. The number of fused-ring (bicyclic) bond motifs is 3. The van der Waals surface area contributed by atoms with Gasteiger partial charge in [-0.25, -0.2) is 9.59 Å². The maximum atomic E-state index is 12.8. The van der Waals surface area contributed by atoms with Gasteiger partial charge in [-0.15, -0.1) is 0 Å². The molecular formula is C25H26N2O4. The first-order chi connectivity index (χ1) is 15.1. The fourth-order valence-corrected chi connectivity index (χ4v) is 4.28. The van der Waals surface area contributed by atoms with Crippen molar-refractivity contribution in [3.8, 4) is 0 Å². The molecule has 1 aliphatic rings. The summed E-state index contributed by atoms with van der Waals surface area (Å²) in [4.78, 5) is 30.0. The van der Waals surface area contributed by atoms with Crippen LogP contribution in [0.15, 0.2) is 65.2 Å². The van der Waals surface area contributed by atoms with Gasteiger partial charge in [0.05, 0.1) is 31.3 Å². The van der Waals surface area contributed by atoms with E-state index in [2.05, 4.69) is 0 Å². The third-order valence-corrected chi connectivity index (χ3v) is 5.78. The molecule has 1 fully saturated rings. The van der Waals surface area contributed by atoms with Crippen LogP contribution in [0, 0.1) is 0 Å². The Kier molecular flexibility index (Phi) is 6.16. The predicted octanol–water partition coefficient (Wildman–Crippen LogP) is 4.65. The molecule has 1 saturated carbocycles. The number of carbonyl (C=O) groups excluding carboxylic acids is 2. The molecule has 31 heavy (non-hydrogen) atoms. The van der Waals surface area contributed by atoms with E-state index in [4.69, 9.17) is 14.5 Å². The maximum absolute atomic E-state index is 12.8. The molecule has 160 valence electrons. The van der Waals surface area contributed by atoms with Crippen molar-refractivity contribution < 1.29 is 19.1 Å². The van der Waals surface area contributed by atoms with Crippen LogP contribution < -0.4 is 0 Å². The monoisotopic (exact) mass is 418 g/mol. The second kappa shape index (κ2) is 9.16. The lowest BCUT2D eigenvalue weighted by Crippen LogP contribution is -2.26. The highest BCUT2D eigenvalue weighted by Gasteiger charge is 2.26. The highest BCUT2D eigenvalue weighted by atomic mass is 16.5. The average Bonchev–Trinajstić information content (AvgIpc) is 3.15. The fraction of sp³-hybridized carbons (Fsp3) is 0.320. The minimum Gasteiger partial charge on any atom is -0.466 e. The van der Waals surface area contributed by atoms with Crippen molar-refractivity contribution in [2.45, 2.75) is 38.1 Å². The Labute approximate surface area is 181 Å². The minimum atomic E-state index is -0.627. The minimum absolute atomic E-state index is 0.0781. The quantitative estimate of drug-likeness (QED) is 0.268. The van der Waals surface area contributed by atoms with Gasteiger partial charge in [-0.3, -0.25) is 9.56 Å². The number of rotatable bonds is 4. The highest BCUT2D eigenvalue weighted by Crippen LogP contribution is 2.31. The van der Waals surface area contributed by atoms with Gasteiger partial charge in [0.15, 0.2) is 0 Å². The number of carbonyl (C=O) groups is 2. The molecule has 1 aliphatic carbocycles. The molecule has 6 nitrogen and oxygen atoms in total. The molecule has 0 spiro atoms. The standard InChI is InChI=1S/C25H26N2O4/c1-30-23(28)16-20(25(29)31-2)24(26-17-10-4-3-5-11-17)27-21-14-8-6-12-18(21)19-13-7-9-15-22(19)27/h6-9,12-17H,3-5,10-11H2,1-2H3. The summed E-state index contributed by atoms with van der Waals surface area (Å²) in [6.07, 6.45) is 6.47. The molecular weight excluding hydrogens is 392 g/mol. The van der Waals surface area contributed by atoms with Crippen molar-refractivity contribution in [2.24, 2.45) is 4.99 Å². The topological polar surface area (TPSA) is 69.9 Å². The number of ether oxygens (including phenoxy) is 2. The van der Waals surface area contributed by atoms with Crippen LogP contribution in [0.3, 0.4) is 0 Å². The molecule has 0 unspecified atom stereocenters. The van der Waals surface area contributed by atoms with E-state index in [-0.39, 0.29) is 11.6 Å². The molecule has 0 atom stereocenters. The van der Waals surface area contributed by atoms with Gasteiger partial charge in [0, 0.05) is 16.8 Å². The molecule has 6 heteroatoms. The zero-order valence-electron chi connectivity index (χ0n) is 17.8. The molecule has 0 amide bonds. The van der Waals surface area contributed by atoms with Crippen LogP contribution in [0.4, 0.5) is 0 Å². The number of methoxy groups -OCH3 is 2. The number of esters is 2. The molecule has 2 aromatic carbocycles. The number of aromatic nitrogens is 1. The molecule has 0 radical (unpaired) electrons.